The topological polar surface area (TPSA) is 87.7 Å². The van der Waals surface area contributed by atoms with Crippen molar-refractivity contribution < 1.29 is 19.1 Å². The van der Waals surface area contributed by atoms with E-state index in [2.05, 4.69) is 10.6 Å². The Morgan fingerprint density at radius 2 is 1.45 bits per heavy atom. The summed E-state index contributed by atoms with van der Waals surface area (Å²) in [6, 6.07) is 20.2. The van der Waals surface area contributed by atoms with Crippen LogP contribution in [0.2, 0.25) is 5.02 Å². The van der Waals surface area contributed by atoms with Gasteiger partial charge in [0, 0.05) is 23.3 Å². The molecule has 0 saturated heterocycles. The molecule has 0 saturated carbocycles. The van der Waals surface area contributed by atoms with Crippen LogP contribution in [0.25, 0.3) is 5.57 Å². The maximum Gasteiger partial charge on any atom is 0.282 e. The number of ether oxygens (including phenoxy) is 1. The van der Waals surface area contributed by atoms with Crippen LogP contribution in [-0.4, -0.2) is 24.8 Å². The molecule has 1 aliphatic rings. The van der Waals surface area contributed by atoms with Crippen molar-refractivity contribution in [1.82, 2.24) is 0 Å². The summed E-state index contributed by atoms with van der Waals surface area (Å²) >= 11 is 5.98. The van der Waals surface area contributed by atoms with Crippen molar-refractivity contribution in [3.05, 3.63) is 89.1 Å². The van der Waals surface area contributed by atoms with E-state index in [1.807, 2.05) is 0 Å². The first kappa shape index (κ1) is 22.1. The van der Waals surface area contributed by atoms with Crippen LogP contribution in [0.15, 0.2) is 78.5 Å². The van der Waals surface area contributed by atoms with Crippen molar-refractivity contribution in [3.63, 3.8) is 0 Å². The van der Waals surface area contributed by atoms with Crippen LogP contribution in [0.3, 0.4) is 0 Å². The molecule has 0 fully saturated rings. The summed E-state index contributed by atoms with van der Waals surface area (Å²) < 4.78 is 5.21. The quantitative estimate of drug-likeness (QED) is 0.519. The van der Waals surface area contributed by atoms with Crippen LogP contribution in [-0.2, 0) is 14.4 Å². The Kier molecular flexibility index (Phi) is 6.15. The van der Waals surface area contributed by atoms with E-state index in [4.69, 9.17) is 16.3 Å². The maximum absolute atomic E-state index is 13.4. The van der Waals surface area contributed by atoms with E-state index in [0.717, 1.165) is 4.90 Å². The van der Waals surface area contributed by atoms with Crippen molar-refractivity contribution in [2.45, 2.75) is 6.92 Å². The first-order chi connectivity index (χ1) is 15.9. The van der Waals surface area contributed by atoms with Crippen LogP contribution in [0.4, 0.5) is 17.1 Å². The van der Waals surface area contributed by atoms with Crippen molar-refractivity contribution >= 4 is 52.0 Å². The average Bonchev–Trinajstić information content (AvgIpc) is 3.05. The Balaban J connectivity index is 1.74. The number of imide groups is 1. The first-order valence-electron chi connectivity index (χ1n) is 10.0. The van der Waals surface area contributed by atoms with Crippen LogP contribution in [0, 0.1) is 0 Å². The fourth-order valence-corrected chi connectivity index (χ4v) is 3.61. The largest absolute Gasteiger partial charge is 0.497 e. The monoisotopic (exact) mass is 461 g/mol. The van der Waals surface area contributed by atoms with Gasteiger partial charge in [-0.05, 0) is 66.2 Å². The standard InChI is InChI=1S/C25H20ClN3O4/c1-15(30)27-18-7-9-19(10-8-18)28-23-22(16-3-13-21(33-2)14-4-16)24(31)29(25(23)32)20-11-5-17(26)6-12-20/h3-14,28H,1-2H3,(H,27,30). The summed E-state index contributed by atoms with van der Waals surface area (Å²) in [6.45, 7) is 1.42. The second-order valence-electron chi connectivity index (χ2n) is 7.28. The minimum absolute atomic E-state index is 0.146. The molecule has 2 N–H and O–H groups in total. The number of nitrogens with zero attached hydrogens (tertiary/aromatic N) is 1. The number of hydrogen-bond donors (Lipinski definition) is 2. The van der Waals surface area contributed by atoms with Gasteiger partial charge in [0.15, 0.2) is 0 Å². The van der Waals surface area contributed by atoms with Crippen LogP contribution >= 0.6 is 11.6 Å². The zero-order chi connectivity index (χ0) is 23.5. The molecular formula is C25H20ClN3O4. The molecule has 166 valence electrons. The Morgan fingerprint density at radius 1 is 0.848 bits per heavy atom. The van der Waals surface area contributed by atoms with E-state index in [0.29, 0.717) is 33.4 Å². The molecule has 0 aromatic heterocycles. The number of carbonyl (C=O) groups excluding carboxylic acids is 3. The Hall–Kier alpha value is -4.10. The number of rotatable bonds is 6. The highest BCUT2D eigenvalue weighted by atomic mass is 35.5. The molecular weight excluding hydrogens is 442 g/mol. The number of halogens is 1. The van der Waals surface area contributed by atoms with E-state index < -0.39 is 11.8 Å². The molecule has 1 aliphatic heterocycles. The van der Waals surface area contributed by atoms with Gasteiger partial charge in [-0.3, -0.25) is 14.4 Å². The zero-order valence-corrected chi connectivity index (χ0v) is 18.6. The average molecular weight is 462 g/mol. The fourth-order valence-electron chi connectivity index (χ4n) is 3.48. The molecule has 0 spiro atoms. The molecule has 33 heavy (non-hydrogen) atoms. The highest BCUT2D eigenvalue weighted by molar-refractivity contribution is 6.46. The minimum atomic E-state index is -0.487. The lowest BCUT2D eigenvalue weighted by Gasteiger charge is -2.15. The van der Waals surface area contributed by atoms with E-state index in [1.165, 1.54) is 6.92 Å². The highest BCUT2D eigenvalue weighted by Crippen LogP contribution is 2.34. The smallest absolute Gasteiger partial charge is 0.282 e. The third-order valence-electron chi connectivity index (χ3n) is 5.02. The molecule has 4 rings (SSSR count). The lowest BCUT2D eigenvalue weighted by Crippen LogP contribution is -2.32. The maximum atomic E-state index is 13.4. The molecule has 0 bridgehead atoms. The van der Waals surface area contributed by atoms with E-state index in [-0.39, 0.29) is 17.2 Å². The lowest BCUT2D eigenvalue weighted by atomic mass is 10.0. The number of nitrogens with one attached hydrogen (secondary N) is 2. The SMILES string of the molecule is COc1ccc(C2=C(Nc3ccc(NC(C)=O)cc3)C(=O)N(c3ccc(Cl)cc3)C2=O)cc1. The third kappa shape index (κ3) is 4.58. The molecule has 0 radical (unpaired) electrons. The molecule has 0 atom stereocenters. The summed E-state index contributed by atoms with van der Waals surface area (Å²) in [7, 11) is 1.55. The zero-order valence-electron chi connectivity index (χ0n) is 17.9. The first-order valence-corrected chi connectivity index (χ1v) is 10.4. The Bertz CT molecular complexity index is 1250. The normalized spacial score (nSPS) is 13.4. The van der Waals surface area contributed by atoms with Gasteiger partial charge in [-0.25, -0.2) is 4.90 Å². The molecule has 3 amide bonds. The number of amides is 3. The van der Waals surface area contributed by atoms with Gasteiger partial charge in [0.1, 0.15) is 11.4 Å². The molecule has 0 aliphatic carbocycles. The summed E-state index contributed by atoms with van der Waals surface area (Å²) in [4.78, 5) is 39.2. The number of benzene rings is 3. The predicted molar refractivity (Wildman–Crippen MR) is 128 cm³/mol. The second kappa shape index (κ2) is 9.18. The number of carbonyl (C=O) groups is 3. The van der Waals surface area contributed by atoms with Crippen molar-refractivity contribution in [2.24, 2.45) is 0 Å². The van der Waals surface area contributed by atoms with Crippen molar-refractivity contribution in [1.29, 1.82) is 0 Å². The number of methoxy groups -OCH3 is 1. The van der Waals surface area contributed by atoms with E-state index in [1.54, 1.807) is 79.9 Å². The van der Waals surface area contributed by atoms with Crippen LogP contribution < -0.4 is 20.3 Å². The summed E-state index contributed by atoms with van der Waals surface area (Å²) in [5.41, 5.74) is 2.58. The summed E-state index contributed by atoms with van der Waals surface area (Å²) in [5, 5.41) is 6.28. The van der Waals surface area contributed by atoms with Crippen LogP contribution in [0.5, 0.6) is 5.75 Å². The lowest BCUT2D eigenvalue weighted by molar-refractivity contribution is -0.120. The van der Waals surface area contributed by atoms with Gasteiger partial charge in [-0.15, -0.1) is 0 Å². The molecule has 7 nitrogen and oxygen atoms in total. The molecule has 0 unspecified atom stereocenters. The van der Waals surface area contributed by atoms with Crippen molar-refractivity contribution in [2.75, 3.05) is 22.6 Å². The van der Waals surface area contributed by atoms with Crippen molar-refractivity contribution in [3.8, 4) is 5.75 Å². The van der Waals surface area contributed by atoms with E-state index in [9.17, 15) is 14.4 Å². The number of anilines is 3. The Labute approximate surface area is 195 Å². The van der Waals surface area contributed by atoms with Gasteiger partial charge in [-0.2, -0.15) is 0 Å². The molecule has 8 heteroatoms. The summed E-state index contributed by atoms with van der Waals surface area (Å²) in [6.07, 6.45) is 0. The molecule has 1 heterocycles. The van der Waals surface area contributed by atoms with Gasteiger partial charge >= 0.3 is 0 Å². The third-order valence-corrected chi connectivity index (χ3v) is 5.27. The molecule has 3 aromatic carbocycles. The van der Waals surface area contributed by atoms with Gasteiger partial charge in [-0.1, -0.05) is 23.7 Å². The van der Waals surface area contributed by atoms with Gasteiger partial charge in [0.2, 0.25) is 5.91 Å². The van der Waals surface area contributed by atoms with Gasteiger partial charge in [0.25, 0.3) is 11.8 Å². The van der Waals surface area contributed by atoms with E-state index >= 15 is 0 Å². The van der Waals surface area contributed by atoms with Gasteiger partial charge < -0.3 is 15.4 Å². The minimum Gasteiger partial charge on any atom is -0.497 e. The number of hydrogen-bond acceptors (Lipinski definition) is 5. The summed E-state index contributed by atoms with van der Waals surface area (Å²) in [5.74, 6) is -0.493. The molecule has 3 aromatic rings. The highest BCUT2D eigenvalue weighted by Gasteiger charge is 2.40. The Morgan fingerprint density at radius 3 is 2.03 bits per heavy atom. The van der Waals surface area contributed by atoms with Gasteiger partial charge in [0.05, 0.1) is 18.4 Å². The predicted octanol–water partition coefficient (Wildman–Crippen LogP) is 4.70. The second-order valence-corrected chi connectivity index (χ2v) is 7.72. The van der Waals surface area contributed by atoms with Crippen LogP contribution in [0.1, 0.15) is 12.5 Å². The fraction of sp³-hybridized carbons (Fsp3) is 0.0800.